The zero-order valence-electron chi connectivity index (χ0n) is 14.7. The lowest BCUT2D eigenvalue weighted by Crippen LogP contribution is -2.48. The normalized spacial score (nSPS) is 16.9. The number of carbonyl (C=O) groups excluding carboxylic acids is 3. The quantitative estimate of drug-likeness (QED) is 0.795. The monoisotopic (exact) mass is 347 g/mol. The Balaban J connectivity index is 1.80. The summed E-state index contributed by atoms with van der Waals surface area (Å²) >= 11 is 0. The van der Waals surface area contributed by atoms with Gasteiger partial charge in [0.1, 0.15) is 0 Å². The number of nitrogens with one attached hydrogen (secondary N) is 2. The van der Waals surface area contributed by atoms with E-state index in [2.05, 4.69) is 10.6 Å². The van der Waals surface area contributed by atoms with Gasteiger partial charge in [0, 0.05) is 18.8 Å². The van der Waals surface area contributed by atoms with Crippen LogP contribution in [0.4, 0.5) is 10.5 Å². The highest BCUT2D eigenvalue weighted by Crippen LogP contribution is 2.17. The molecule has 1 heterocycles. The van der Waals surface area contributed by atoms with E-state index in [4.69, 9.17) is 4.74 Å². The summed E-state index contributed by atoms with van der Waals surface area (Å²) in [5.41, 5.74) is 1.84. The lowest BCUT2D eigenvalue weighted by molar-refractivity contribution is -0.146. The van der Waals surface area contributed by atoms with E-state index in [1.807, 2.05) is 31.2 Å². The van der Waals surface area contributed by atoms with Crippen LogP contribution < -0.4 is 10.6 Å². The van der Waals surface area contributed by atoms with E-state index in [-0.39, 0.29) is 30.4 Å². The molecular weight excluding hydrogens is 322 g/mol. The number of benzene rings is 1. The third-order valence-electron chi connectivity index (χ3n) is 4.26. The molecule has 1 aliphatic rings. The standard InChI is InChI=1S/C18H25N3O4/c1-3-13-6-4-8-15(10-13)20-16(22)11-19-18(24)21-9-5-7-14(12-21)17(23)25-2/h4,6,8,10,14H,3,5,7,9,11-12H2,1-2H3,(H,19,24)(H,20,22). The van der Waals surface area contributed by atoms with Gasteiger partial charge in [0.15, 0.2) is 0 Å². The van der Waals surface area contributed by atoms with Crippen molar-refractivity contribution < 1.29 is 19.1 Å². The Morgan fingerprint density at radius 3 is 2.84 bits per heavy atom. The molecule has 25 heavy (non-hydrogen) atoms. The predicted octanol–water partition coefficient (Wildman–Crippen LogP) is 1.78. The summed E-state index contributed by atoms with van der Waals surface area (Å²) in [6.45, 7) is 2.81. The molecule has 7 nitrogen and oxygen atoms in total. The average molecular weight is 347 g/mol. The van der Waals surface area contributed by atoms with Crippen LogP contribution in [0.5, 0.6) is 0 Å². The van der Waals surface area contributed by atoms with Crippen molar-refractivity contribution >= 4 is 23.6 Å². The van der Waals surface area contributed by atoms with E-state index < -0.39 is 0 Å². The molecule has 0 saturated carbocycles. The Hall–Kier alpha value is -2.57. The highest BCUT2D eigenvalue weighted by molar-refractivity contribution is 5.94. The van der Waals surface area contributed by atoms with Crippen LogP contribution in [-0.2, 0) is 20.7 Å². The third-order valence-corrected chi connectivity index (χ3v) is 4.26. The first-order valence-corrected chi connectivity index (χ1v) is 8.53. The number of carbonyl (C=O) groups is 3. The molecule has 1 saturated heterocycles. The van der Waals surface area contributed by atoms with Gasteiger partial charge in [-0.05, 0) is 37.0 Å². The van der Waals surface area contributed by atoms with Crippen molar-refractivity contribution in [2.24, 2.45) is 5.92 Å². The number of likely N-dealkylation sites (tertiary alicyclic amines) is 1. The molecule has 1 atom stereocenters. The number of nitrogens with zero attached hydrogens (tertiary/aromatic N) is 1. The smallest absolute Gasteiger partial charge is 0.317 e. The molecule has 0 aliphatic carbocycles. The molecule has 1 aliphatic heterocycles. The molecule has 2 rings (SSSR count). The molecule has 136 valence electrons. The maximum Gasteiger partial charge on any atom is 0.317 e. The highest BCUT2D eigenvalue weighted by Gasteiger charge is 2.29. The van der Waals surface area contributed by atoms with Crippen molar-refractivity contribution in [1.29, 1.82) is 0 Å². The minimum Gasteiger partial charge on any atom is -0.469 e. The van der Waals surface area contributed by atoms with Gasteiger partial charge in [-0.25, -0.2) is 4.79 Å². The molecule has 7 heteroatoms. The number of anilines is 1. The summed E-state index contributed by atoms with van der Waals surface area (Å²) in [7, 11) is 1.35. The van der Waals surface area contributed by atoms with Gasteiger partial charge in [0.2, 0.25) is 5.91 Å². The summed E-state index contributed by atoms with van der Waals surface area (Å²) < 4.78 is 4.74. The number of amides is 3. The van der Waals surface area contributed by atoms with Crippen LogP contribution in [0.2, 0.25) is 0 Å². The molecule has 1 aromatic carbocycles. The van der Waals surface area contributed by atoms with Gasteiger partial charge in [0.05, 0.1) is 19.6 Å². The number of hydrogen-bond acceptors (Lipinski definition) is 4. The van der Waals surface area contributed by atoms with E-state index in [0.717, 1.165) is 18.4 Å². The van der Waals surface area contributed by atoms with Crippen LogP contribution in [-0.4, -0.2) is 49.6 Å². The minimum atomic E-state index is -0.342. The second-order valence-corrected chi connectivity index (χ2v) is 6.07. The van der Waals surface area contributed by atoms with Gasteiger partial charge in [0.25, 0.3) is 0 Å². The maximum absolute atomic E-state index is 12.2. The molecule has 1 unspecified atom stereocenters. The summed E-state index contributed by atoms with van der Waals surface area (Å²) in [4.78, 5) is 37.4. The Bertz CT molecular complexity index is 633. The van der Waals surface area contributed by atoms with Gasteiger partial charge >= 0.3 is 12.0 Å². The summed E-state index contributed by atoms with van der Waals surface area (Å²) in [5.74, 6) is -0.885. The van der Waals surface area contributed by atoms with Gasteiger partial charge < -0.3 is 20.3 Å². The Morgan fingerprint density at radius 1 is 1.32 bits per heavy atom. The molecule has 0 bridgehead atoms. The summed E-state index contributed by atoms with van der Waals surface area (Å²) in [6.07, 6.45) is 2.34. The van der Waals surface area contributed by atoms with Crippen molar-refractivity contribution in [3.63, 3.8) is 0 Å². The molecule has 1 aromatic rings. The molecule has 0 radical (unpaired) electrons. The van der Waals surface area contributed by atoms with Crippen molar-refractivity contribution in [2.45, 2.75) is 26.2 Å². The second kappa shape index (κ2) is 9.05. The molecule has 0 aromatic heterocycles. The Morgan fingerprint density at radius 2 is 2.12 bits per heavy atom. The Labute approximate surface area is 147 Å². The van der Waals surface area contributed by atoms with E-state index in [1.165, 1.54) is 7.11 Å². The van der Waals surface area contributed by atoms with Gasteiger partial charge in [-0.2, -0.15) is 0 Å². The van der Waals surface area contributed by atoms with E-state index in [0.29, 0.717) is 25.2 Å². The van der Waals surface area contributed by atoms with Crippen molar-refractivity contribution in [2.75, 3.05) is 32.1 Å². The first kappa shape index (κ1) is 18.8. The van der Waals surface area contributed by atoms with Crippen LogP contribution in [0.1, 0.15) is 25.3 Å². The molecule has 0 spiro atoms. The lowest BCUT2D eigenvalue weighted by Gasteiger charge is -2.31. The third kappa shape index (κ3) is 5.48. The molecule has 3 amide bonds. The van der Waals surface area contributed by atoms with Gasteiger partial charge in [-0.15, -0.1) is 0 Å². The summed E-state index contributed by atoms with van der Waals surface area (Å²) in [6, 6.07) is 7.25. The maximum atomic E-state index is 12.2. The fourth-order valence-corrected chi connectivity index (χ4v) is 2.86. The van der Waals surface area contributed by atoms with Crippen LogP contribution >= 0.6 is 0 Å². The molecule has 2 N–H and O–H groups in total. The van der Waals surface area contributed by atoms with Gasteiger partial charge in [-0.1, -0.05) is 19.1 Å². The number of rotatable bonds is 5. The van der Waals surface area contributed by atoms with Crippen LogP contribution in [0.15, 0.2) is 24.3 Å². The van der Waals surface area contributed by atoms with Crippen LogP contribution in [0, 0.1) is 5.92 Å². The number of ether oxygens (including phenoxy) is 1. The molecular formula is C18H25N3O4. The number of hydrogen-bond donors (Lipinski definition) is 2. The van der Waals surface area contributed by atoms with E-state index >= 15 is 0 Å². The van der Waals surface area contributed by atoms with Crippen LogP contribution in [0.25, 0.3) is 0 Å². The van der Waals surface area contributed by atoms with E-state index in [9.17, 15) is 14.4 Å². The summed E-state index contributed by atoms with van der Waals surface area (Å²) in [5, 5.41) is 5.37. The number of aryl methyl sites for hydroxylation is 1. The average Bonchev–Trinajstić information content (AvgIpc) is 2.65. The first-order chi connectivity index (χ1) is 12.0. The zero-order chi connectivity index (χ0) is 18.2. The number of piperidine rings is 1. The number of urea groups is 1. The van der Waals surface area contributed by atoms with E-state index in [1.54, 1.807) is 4.90 Å². The largest absolute Gasteiger partial charge is 0.469 e. The molecule has 1 fully saturated rings. The topological polar surface area (TPSA) is 87.7 Å². The fourth-order valence-electron chi connectivity index (χ4n) is 2.86. The lowest BCUT2D eigenvalue weighted by atomic mass is 9.98. The Kier molecular flexibility index (Phi) is 6.80. The van der Waals surface area contributed by atoms with Gasteiger partial charge in [-0.3, -0.25) is 9.59 Å². The van der Waals surface area contributed by atoms with Crippen molar-refractivity contribution in [3.8, 4) is 0 Å². The first-order valence-electron chi connectivity index (χ1n) is 8.53. The zero-order valence-corrected chi connectivity index (χ0v) is 14.7. The van der Waals surface area contributed by atoms with Crippen molar-refractivity contribution in [3.05, 3.63) is 29.8 Å². The fraction of sp³-hybridized carbons (Fsp3) is 0.500. The SMILES string of the molecule is CCc1cccc(NC(=O)CNC(=O)N2CCCC(C(=O)OC)C2)c1. The highest BCUT2D eigenvalue weighted by atomic mass is 16.5. The van der Waals surface area contributed by atoms with Crippen LogP contribution in [0.3, 0.4) is 0 Å². The number of methoxy groups -OCH3 is 1. The second-order valence-electron chi connectivity index (χ2n) is 6.07. The van der Waals surface area contributed by atoms with Crippen molar-refractivity contribution in [1.82, 2.24) is 10.2 Å². The predicted molar refractivity (Wildman–Crippen MR) is 94.2 cm³/mol. The number of esters is 1. The minimum absolute atomic E-state index is 0.116.